The van der Waals surface area contributed by atoms with Crippen LogP contribution < -0.4 is 5.32 Å². The van der Waals surface area contributed by atoms with Crippen molar-refractivity contribution in [2.24, 2.45) is 0 Å². The standard InChI is InChI=1S/C23H17NO3/c1-13-10-11-15(12-14(13)2)23(27)24-19-9-5-8-18-20(19)22(26)17-7-4-3-6-16(17)21(18)25/h3-12H,1-2H3,(H,24,27). The minimum atomic E-state index is -0.314. The minimum absolute atomic E-state index is 0.206. The fraction of sp³-hybridized carbons (Fsp3) is 0.0870. The number of fused-ring (bicyclic) bond motifs is 2. The van der Waals surface area contributed by atoms with Crippen molar-refractivity contribution in [3.05, 3.63) is 99.6 Å². The maximum atomic E-state index is 13.0. The number of nitrogens with one attached hydrogen (secondary N) is 1. The van der Waals surface area contributed by atoms with Gasteiger partial charge in [0.1, 0.15) is 0 Å². The molecule has 4 nitrogen and oxygen atoms in total. The molecule has 0 aliphatic heterocycles. The Bertz CT molecular complexity index is 1130. The molecule has 0 spiro atoms. The molecule has 0 atom stereocenters. The molecule has 3 aromatic rings. The van der Waals surface area contributed by atoms with Gasteiger partial charge in [0.15, 0.2) is 11.6 Å². The van der Waals surface area contributed by atoms with Gasteiger partial charge in [-0.3, -0.25) is 14.4 Å². The second-order valence-electron chi connectivity index (χ2n) is 6.69. The summed E-state index contributed by atoms with van der Waals surface area (Å²) in [6, 6.07) is 17.1. The van der Waals surface area contributed by atoms with Crippen LogP contribution in [0, 0.1) is 13.8 Å². The Morgan fingerprint density at radius 1 is 0.741 bits per heavy atom. The van der Waals surface area contributed by atoms with Gasteiger partial charge in [0.05, 0.1) is 11.3 Å². The lowest BCUT2D eigenvalue weighted by Gasteiger charge is -2.20. The Balaban J connectivity index is 1.76. The van der Waals surface area contributed by atoms with Crippen LogP contribution in [0.15, 0.2) is 60.7 Å². The number of ketones is 2. The molecule has 1 aliphatic rings. The Morgan fingerprint density at radius 3 is 2.11 bits per heavy atom. The van der Waals surface area contributed by atoms with Crippen molar-refractivity contribution in [2.75, 3.05) is 5.32 Å². The molecule has 0 unspecified atom stereocenters. The minimum Gasteiger partial charge on any atom is -0.321 e. The summed E-state index contributed by atoms with van der Waals surface area (Å²) in [5, 5.41) is 2.80. The number of hydrogen-bond acceptors (Lipinski definition) is 3. The molecular formula is C23H17NO3. The summed E-state index contributed by atoms with van der Waals surface area (Å²) in [6.45, 7) is 3.92. The van der Waals surface area contributed by atoms with Crippen LogP contribution in [0.3, 0.4) is 0 Å². The summed E-state index contributed by atoms with van der Waals surface area (Å²) in [6.07, 6.45) is 0. The fourth-order valence-electron chi connectivity index (χ4n) is 3.33. The van der Waals surface area contributed by atoms with Crippen molar-refractivity contribution < 1.29 is 14.4 Å². The highest BCUT2D eigenvalue weighted by atomic mass is 16.2. The topological polar surface area (TPSA) is 63.2 Å². The van der Waals surface area contributed by atoms with Gasteiger partial charge < -0.3 is 5.32 Å². The third-order valence-electron chi connectivity index (χ3n) is 4.97. The van der Waals surface area contributed by atoms with Gasteiger partial charge in [-0.05, 0) is 43.2 Å². The van der Waals surface area contributed by atoms with Crippen LogP contribution >= 0.6 is 0 Å². The predicted molar refractivity (Wildman–Crippen MR) is 104 cm³/mol. The number of rotatable bonds is 2. The van der Waals surface area contributed by atoms with Crippen molar-refractivity contribution >= 4 is 23.2 Å². The quantitative estimate of drug-likeness (QED) is 0.582. The Kier molecular flexibility index (Phi) is 3.96. The first-order valence-electron chi connectivity index (χ1n) is 8.67. The number of hydrogen-bond donors (Lipinski definition) is 1. The van der Waals surface area contributed by atoms with E-state index in [1.54, 1.807) is 48.5 Å². The molecule has 4 rings (SSSR count). The van der Waals surface area contributed by atoms with Gasteiger partial charge in [0.2, 0.25) is 0 Å². The molecule has 0 saturated carbocycles. The van der Waals surface area contributed by atoms with Crippen LogP contribution in [-0.2, 0) is 0 Å². The van der Waals surface area contributed by atoms with Crippen molar-refractivity contribution in [3.63, 3.8) is 0 Å². The molecule has 0 radical (unpaired) electrons. The number of amides is 1. The number of benzene rings is 3. The first-order valence-corrected chi connectivity index (χ1v) is 8.67. The normalized spacial score (nSPS) is 12.4. The molecule has 0 heterocycles. The van der Waals surface area contributed by atoms with Gasteiger partial charge in [-0.2, -0.15) is 0 Å². The molecule has 1 amide bonds. The van der Waals surface area contributed by atoms with E-state index in [0.717, 1.165) is 11.1 Å². The Labute approximate surface area is 156 Å². The van der Waals surface area contributed by atoms with Crippen molar-refractivity contribution in [1.82, 2.24) is 0 Å². The van der Waals surface area contributed by atoms with Crippen LogP contribution in [0.25, 0.3) is 0 Å². The van der Waals surface area contributed by atoms with Gasteiger partial charge in [-0.1, -0.05) is 42.5 Å². The van der Waals surface area contributed by atoms with Crippen LogP contribution in [0.5, 0.6) is 0 Å². The summed E-state index contributed by atoms with van der Waals surface area (Å²) in [5.41, 5.74) is 4.29. The first kappa shape index (κ1) is 16.9. The Morgan fingerprint density at radius 2 is 1.41 bits per heavy atom. The van der Waals surface area contributed by atoms with E-state index in [1.165, 1.54) is 0 Å². The number of anilines is 1. The molecule has 27 heavy (non-hydrogen) atoms. The van der Waals surface area contributed by atoms with E-state index < -0.39 is 0 Å². The summed E-state index contributed by atoms with van der Waals surface area (Å²) < 4.78 is 0. The van der Waals surface area contributed by atoms with Crippen molar-refractivity contribution in [3.8, 4) is 0 Å². The van der Waals surface area contributed by atoms with Crippen LogP contribution in [0.2, 0.25) is 0 Å². The molecule has 4 heteroatoms. The molecule has 0 saturated heterocycles. The van der Waals surface area contributed by atoms with Gasteiger partial charge in [0.25, 0.3) is 5.91 Å². The SMILES string of the molecule is Cc1ccc(C(=O)Nc2cccc3c2C(=O)c2ccccc2C3=O)cc1C. The maximum Gasteiger partial charge on any atom is 0.255 e. The number of carbonyl (C=O) groups excluding carboxylic acids is 3. The van der Waals surface area contributed by atoms with Crippen molar-refractivity contribution in [2.45, 2.75) is 13.8 Å². The van der Waals surface area contributed by atoms with Crippen LogP contribution in [-0.4, -0.2) is 17.5 Å². The van der Waals surface area contributed by atoms with E-state index in [2.05, 4.69) is 5.32 Å². The summed E-state index contributed by atoms with van der Waals surface area (Å²) >= 11 is 0. The summed E-state index contributed by atoms with van der Waals surface area (Å²) in [4.78, 5) is 38.5. The second-order valence-corrected chi connectivity index (χ2v) is 6.69. The van der Waals surface area contributed by atoms with E-state index >= 15 is 0 Å². The predicted octanol–water partition coefficient (Wildman–Crippen LogP) is 4.33. The highest BCUT2D eigenvalue weighted by Gasteiger charge is 2.31. The smallest absolute Gasteiger partial charge is 0.255 e. The molecule has 0 bridgehead atoms. The molecule has 1 aliphatic carbocycles. The lowest BCUT2D eigenvalue weighted by Crippen LogP contribution is -2.24. The number of carbonyl (C=O) groups is 3. The van der Waals surface area contributed by atoms with Gasteiger partial charge in [-0.15, -0.1) is 0 Å². The maximum absolute atomic E-state index is 13.0. The summed E-state index contributed by atoms with van der Waals surface area (Å²) in [5.74, 6) is -0.774. The van der Waals surface area contributed by atoms with Crippen molar-refractivity contribution in [1.29, 1.82) is 0 Å². The third kappa shape index (κ3) is 2.75. The monoisotopic (exact) mass is 355 g/mol. The van der Waals surface area contributed by atoms with Gasteiger partial charge in [0, 0.05) is 22.3 Å². The zero-order valence-electron chi connectivity index (χ0n) is 15.0. The molecule has 3 aromatic carbocycles. The molecular weight excluding hydrogens is 338 g/mol. The van der Waals surface area contributed by atoms with E-state index in [9.17, 15) is 14.4 Å². The highest BCUT2D eigenvalue weighted by Crippen LogP contribution is 2.32. The van der Waals surface area contributed by atoms with E-state index in [0.29, 0.717) is 27.9 Å². The average molecular weight is 355 g/mol. The molecule has 0 aromatic heterocycles. The Hall–Kier alpha value is -3.53. The van der Waals surface area contributed by atoms with Crippen LogP contribution in [0.1, 0.15) is 53.3 Å². The van der Waals surface area contributed by atoms with Gasteiger partial charge in [-0.25, -0.2) is 0 Å². The lowest BCUT2D eigenvalue weighted by molar-refractivity contribution is 0.0978. The average Bonchev–Trinajstić information content (AvgIpc) is 2.68. The first-order chi connectivity index (χ1) is 13.0. The van der Waals surface area contributed by atoms with E-state index in [1.807, 2.05) is 26.0 Å². The van der Waals surface area contributed by atoms with E-state index in [4.69, 9.17) is 0 Å². The molecule has 1 N–H and O–H groups in total. The van der Waals surface area contributed by atoms with E-state index in [-0.39, 0.29) is 23.0 Å². The number of aryl methyl sites for hydroxylation is 2. The molecule has 132 valence electrons. The zero-order valence-corrected chi connectivity index (χ0v) is 15.0. The summed E-state index contributed by atoms with van der Waals surface area (Å²) in [7, 11) is 0. The lowest BCUT2D eigenvalue weighted by atomic mass is 9.83. The largest absolute Gasteiger partial charge is 0.321 e. The zero-order chi connectivity index (χ0) is 19.1. The molecule has 0 fully saturated rings. The third-order valence-corrected chi connectivity index (χ3v) is 4.97. The highest BCUT2D eigenvalue weighted by molar-refractivity contribution is 6.30. The van der Waals surface area contributed by atoms with Crippen LogP contribution in [0.4, 0.5) is 5.69 Å². The second kappa shape index (κ2) is 6.32. The van der Waals surface area contributed by atoms with Gasteiger partial charge >= 0.3 is 0 Å². The fourth-order valence-corrected chi connectivity index (χ4v) is 3.33.